The molecule has 1 saturated heterocycles. The minimum absolute atomic E-state index is 0.0392. The number of hydrogen-bond donors (Lipinski definition) is 2. The molecule has 1 spiro atoms. The first-order valence-electron chi connectivity index (χ1n) is 8.59. The van der Waals surface area contributed by atoms with Crippen molar-refractivity contribution in [1.82, 2.24) is 24.8 Å². The molecule has 1 unspecified atom stereocenters. The predicted octanol–water partition coefficient (Wildman–Crippen LogP) is 0.679. The van der Waals surface area contributed by atoms with Crippen LogP contribution in [0.4, 0.5) is 5.95 Å². The van der Waals surface area contributed by atoms with Crippen LogP contribution in [-0.2, 0) is 11.8 Å². The summed E-state index contributed by atoms with van der Waals surface area (Å²) in [6.07, 6.45) is 6.52. The zero-order valence-corrected chi connectivity index (χ0v) is 14.5. The molecule has 0 bridgehead atoms. The van der Waals surface area contributed by atoms with E-state index in [2.05, 4.69) is 15.0 Å². The molecule has 1 atom stereocenters. The zero-order chi connectivity index (χ0) is 17.6. The maximum absolute atomic E-state index is 12.7. The third-order valence-corrected chi connectivity index (χ3v) is 5.38. The van der Waals surface area contributed by atoms with E-state index in [-0.39, 0.29) is 16.9 Å². The number of nitrogens with zero attached hydrogens (tertiary/aromatic N) is 4. The summed E-state index contributed by atoms with van der Waals surface area (Å²) >= 11 is 0. The monoisotopic (exact) mass is 342 g/mol. The maximum atomic E-state index is 12.7. The highest BCUT2D eigenvalue weighted by molar-refractivity contribution is 5.92. The number of aromatic amines is 2. The molecule has 4 rings (SSSR count). The average molecular weight is 342 g/mol. The molecule has 2 aliphatic rings. The van der Waals surface area contributed by atoms with Crippen LogP contribution in [0.15, 0.2) is 17.3 Å². The number of imidazole rings is 1. The van der Waals surface area contributed by atoms with Gasteiger partial charge in [-0.25, -0.2) is 9.97 Å². The molecule has 0 aromatic carbocycles. The molecule has 3 heterocycles. The predicted molar refractivity (Wildman–Crippen MR) is 92.9 cm³/mol. The lowest BCUT2D eigenvalue weighted by atomic mass is 9.77. The Bertz CT molecular complexity index is 857. The number of piperidine rings is 1. The highest BCUT2D eigenvalue weighted by Crippen LogP contribution is 2.43. The van der Waals surface area contributed by atoms with E-state index in [1.807, 2.05) is 23.9 Å². The largest absolute Gasteiger partial charge is 0.348 e. The van der Waals surface area contributed by atoms with Crippen molar-refractivity contribution in [3.8, 4) is 0 Å². The average Bonchev–Trinajstić information content (AvgIpc) is 3.24. The van der Waals surface area contributed by atoms with Gasteiger partial charge in [0.2, 0.25) is 5.95 Å². The lowest BCUT2D eigenvalue weighted by Crippen LogP contribution is -2.48. The van der Waals surface area contributed by atoms with Crippen molar-refractivity contribution in [2.45, 2.75) is 31.1 Å². The Morgan fingerprint density at radius 3 is 2.92 bits per heavy atom. The second kappa shape index (κ2) is 5.72. The van der Waals surface area contributed by atoms with Crippen LogP contribution in [0.5, 0.6) is 0 Å². The number of rotatable bonds is 2. The Balaban J connectivity index is 1.70. The highest BCUT2D eigenvalue weighted by atomic mass is 16.2. The summed E-state index contributed by atoms with van der Waals surface area (Å²) in [6, 6.07) is 0. The van der Waals surface area contributed by atoms with Crippen molar-refractivity contribution in [2.75, 3.05) is 32.1 Å². The molecular formula is C17H22N6O2. The molecule has 0 saturated carbocycles. The number of H-pyrrole nitrogens is 2. The number of aromatic nitrogens is 4. The standard InChI is InChI=1S/C17H22N6O2/c1-22(2)16-20-13-11(14(24)21-16)4-6-17(13)5-3-7-23(9-17)15(25)12-8-18-10-19-12/h8,10H,3-7,9H2,1-2H3,(H,18,19)(H,20,21,24). The Morgan fingerprint density at radius 1 is 1.36 bits per heavy atom. The number of nitrogens with one attached hydrogen (secondary N) is 2. The molecule has 8 heteroatoms. The Labute approximate surface area is 145 Å². The fourth-order valence-electron chi connectivity index (χ4n) is 4.10. The second-order valence-corrected chi connectivity index (χ2v) is 7.19. The van der Waals surface area contributed by atoms with Crippen LogP contribution in [0.3, 0.4) is 0 Å². The Hall–Kier alpha value is -2.64. The van der Waals surface area contributed by atoms with Crippen molar-refractivity contribution in [3.63, 3.8) is 0 Å². The molecule has 2 N–H and O–H groups in total. The van der Waals surface area contributed by atoms with Gasteiger partial charge >= 0.3 is 0 Å². The minimum Gasteiger partial charge on any atom is -0.348 e. The number of fused-ring (bicyclic) bond motifs is 2. The third-order valence-electron chi connectivity index (χ3n) is 5.38. The van der Waals surface area contributed by atoms with Crippen LogP contribution in [0, 0.1) is 0 Å². The molecule has 1 fully saturated rings. The van der Waals surface area contributed by atoms with Gasteiger partial charge in [0.05, 0.1) is 18.2 Å². The van der Waals surface area contributed by atoms with Crippen LogP contribution in [0.2, 0.25) is 0 Å². The molecule has 0 radical (unpaired) electrons. The van der Waals surface area contributed by atoms with E-state index in [1.165, 1.54) is 6.33 Å². The SMILES string of the molecule is CN(C)c1nc2c(c(=O)[nH]1)CCC21CCCN(C(=O)c2cnc[nH]2)C1. The lowest BCUT2D eigenvalue weighted by Gasteiger charge is -2.40. The van der Waals surface area contributed by atoms with Gasteiger partial charge in [0.25, 0.3) is 11.5 Å². The van der Waals surface area contributed by atoms with E-state index in [9.17, 15) is 9.59 Å². The number of carbonyl (C=O) groups is 1. The molecule has 132 valence electrons. The van der Waals surface area contributed by atoms with Crippen molar-refractivity contribution < 1.29 is 4.79 Å². The first kappa shape index (κ1) is 15.9. The van der Waals surface area contributed by atoms with Crippen LogP contribution < -0.4 is 10.5 Å². The van der Waals surface area contributed by atoms with Crippen LogP contribution >= 0.6 is 0 Å². The summed E-state index contributed by atoms with van der Waals surface area (Å²) in [5.74, 6) is 0.532. The molecule has 1 aliphatic carbocycles. The first-order chi connectivity index (χ1) is 12.0. The maximum Gasteiger partial charge on any atom is 0.271 e. The summed E-state index contributed by atoms with van der Waals surface area (Å²) in [5, 5.41) is 0. The molecule has 2 aromatic rings. The van der Waals surface area contributed by atoms with Crippen molar-refractivity contribution in [3.05, 3.63) is 39.8 Å². The molecular weight excluding hydrogens is 320 g/mol. The molecule has 2 aromatic heterocycles. The molecule has 25 heavy (non-hydrogen) atoms. The number of hydrogen-bond acceptors (Lipinski definition) is 5. The van der Waals surface area contributed by atoms with Gasteiger partial charge in [0, 0.05) is 38.2 Å². The topological polar surface area (TPSA) is 98.0 Å². The number of anilines is 1. The van der Waals surface area contributed by atoms with Crippen molar-refractivity contribution in [2.24, 2.45) is 0 Å². The van der Waals surface area contributed by atoms with Gasteiger partial charge in [-0.15, -0.1) is 0 Å². The number of amides is 1. The fraction of sp³-hybridized carbons (Fsp3) is 0.529. The van der Waals surface area contributed by atoms with Crippen LogP contribution in [0.1, 0.15) is 41.0 Å². The normalized spacial score (nSPS) is 22.2. The molecule has 1 aliphatic heterocycles. The van der Waals surface area contributed by atoms with Crippen molar-refractivity contribution >= 4 is 11.9 Å². The Morgan fingerprint density at radius 2 is 2.20 bits per heavy atom. The van der Waals surface area contributed by atoms with E-state index in [0.29, 0.717) is 18.2 Å². The lowest BCUT2D eigenvalue weighted by molar-refractivity contribution is 0.0628. The van der Waals surface area contributed by atoms with Gasteiger partial charge in [-0.1, -0.05) is 0 Å². The summed E-state index contributed by atoms with van der Waals surface area (Å²) < 4.78 is 0. The van der Waals surface area contributed by atoms with E-state index < -0.39 is 0 Å². The van der Waals surface area contributed by atoms with E-state index in [4.69, 9.17) is 4.98 Å². The summed E-state index contributed by atoms with van der Waals surface area (Å²) in [4.78, 5) is 43.3. The van der Waals surface area contributed by atoms with Gasteiger partial charge in [0.1, 0.15) is 5.69 Å². The van der Waals surface area contributed by atoms with Crippen LogP contribution in [-0.4, -0.2) is 57.9 Å². The Kier molecular flexibility index (Phi) is 3.63. The van der Waals surface area contributed by atoms with Gasteiger partial charge < -0.3 is 14.8 Å². The van der Waals surface area contributed by atoms with Crippen molar-refractivity contribution in [1.29, 1.82) is 0 Å². The number of likely N-dealkylation sites (tertiary alicyclic amines) is 1. The van der Waals surface area contributed by atoms with E-state index in [0.717, 1.165) is 43.5 Å². The van der Waals surface area contributed by atoms with Crippen LogP contribution in [0.25, 0.3) is 0 Å². The van der Waals surface area contributed by atoms with Gasteiger partial charge in [-0.3, -0.25) is 14.6 Å². The number of carbonyl (C=O) groups excluding carboxylic acids is 1. The first-order valence-corrected chi connectivity index (χ1v) is 8.59. The molecule has 1 amide bonds. The van der Waals surface area contributed by atoms with Gasteiger partial charge in [-0.05, 0) is 25.7 Å². The summed E-state index contributed by atoms with van der Waals surface area (Å²) in [7, 11) is 3.72. The highest BCUT2D eigenvalue weighted by Gasteiger charge is 2.46. The van der Waals surface area contributed by atoms with Gasteiger partial charge in [-0.2, -0.15) is 0 Å². The summed E-state index contributed by atoms with van der Waals surface area (Å²) in [5.41, 5.74) is 1.89. The van der Waals surface area contributed by atoms with E-state index >= 15 is 0 Å². The smallest absolute Gasteiger partial charge is 0.271 e. The zero-order valence-electron chi connectivity index (χ0n) is 14.5. The third kappa shape index (κ3) is 2.52. The van der Waals surface area contributed by atoms with Gasteiger partial charge in [0.15, 0.2) is 0 Å². The fourth-order valence-corrected chi connectivity index (χ4v) is 4.10. The minimum atomic E-state index is -0.220. The summed E-state index contributed by atoms with van der Waals surface area (Å²) in [6.45, 7) is 1.32. The molecule has 8 nitrogen and oxygen atoms in total. The van der Waals surface area contributed by atoms with E-state index in [1.54, 1.807) is 6.20 Å². The quantitative estimate of drug-likeness (QED) is 0.836. The second-order valence-electron chi connectivity index (χ2n) is 7.19.